The Labute approximate surface area is 118 Å². The fourth-order valence-electron chi connectivity index (χ4n) is 1.87. The van der Waals surface area contributed by atoms with E-state index in [4.69, 9.17) is 10.5 Å². The Morgan fingerprint density at radius 1 is 1.10 bits per heavy atom. The topological polar surface area (TPSA) is 55.6 Å². The first-order valence-corrected chi connectivity index (χ1v) is 6.54. The van der Waals surface area contributed by atoms with Crippen molar-refractivity contribution < 1.29 is 9.53 Å². The van der Waals surface area contributed by atoms with Crippen molar-refractivity contribution in [3.05, 3.63) is 60.2 Å². The van der Waals surface area contributed by atoms with Gasteiger partial charge in [0.05, 0.1) is 0 Å². The Hall–Kier alpha value is -2.49. The highest BCUT2D eigenvalue weighted by Crippen LogP contribution is 2.17. The molecule has 0 bridgehead atoms. The number of anilines is 2. The highest BCUT2D eigenvalue weighted by atomic mass is 16.6. The molecular weight excluding hydrogens is 252 g/mol. The molecule has 4 heteroatoms. The molecule has 0 aliphatic carbocycles. The van der Waals surface area contributed by atoms with E-state index < -0.39 is 0 Å². The van der Waals surface area contributed by atoms with Crippen molar-refractivity contribution in [2.45, 2.75) is 13.5 Å². The van der Waals surface area contributed by atoms with Crippen molar-refractivity contribution in [1.29, 1.82) is 0 Å². The third kappa shape index (κ3) is 3.51. The number of nitrogens with zero attached hydrogens (tertiary/aromatic N) is 1. The SMILES string of the molecule is CCN(C(=O)OCc1ccccc1)c1ccc(N)cc1. The summed E-state index contributed by atoms with van der Waals surface area (Å²) in [4.78, 5) is 13.7. The van der Waals surface area contributed by atoms with Crippen LogP contribution in [0.1, 0.15) is 12.5 Å². The van der Waals surface area contributed by atoms with E-state index >= 15 is 0 Å². The number of ether oxygens (including phenoxy) is 1. The molecule has 0 saturated heterocycles. The van der Waals surface area contributed by atoms with Crippen molar-refractivity contribution in [2.75, 3.05) is 17.2 Å². The average molecular weight is 270 g/mol. The quantitative estimate of drug-likeness (QED) is 0.866. The summed E-state index contributed by atoms with van der Waals surface area (Å²) >= 11 is 0. The molecule has 0 aromatic heterocycles. The molecule has 20 heavy (non-hydrogen) atoms. The largest absolute Gasteiger partial charge is 0.444 e. The zero-order valence-corrected chi connectivity index (χ0v) is 11.5. The molecule has 2 aromatic carbocycles. The van der Waals surface area contributed by atoms with Gasteiger partial charge in [0, 0.05) is 17.9 Å². The fourth-order valence-corrected chi connectivity index (χ4v) is 1.87. The molecule has 0 aliphatic heterocycles. The van der Waals surface area contributed by atoms with Gasteiger partial charge in [0.25, 0.3) is 0 Å². The van der Waals surface area contributed by atoms with Gasteiger partial charge in [-0.15, -0.1) is 0 Å². The predicted octanol–water partition coefficient (Wildman–Crippen LogP) is 3.43. The van der Waals surface area contributed by atoms with Crippen LogP contribution in [0.3, 0.4) is 0 Å². The van der Waals surface area contributed by atoms with Crippen LogP contribution >= 0.6 is 0 Å². The fraction of sp³-hybridized carbons (Fsp3) is 0.188. The van der Waals surface area contributed by atoms with Gasteiger partial charge < -0.3 is 10.5 Å². The molecule has 0 unspecified atom stereocenters. The molecule has 0 aliphatic rings. The lowest BCUT2D eigenvalue weighted by Gasteiger charge is -2.20. The Kier molecular flexibility index (Phi) is 4.60. The van der Waals surface area contributed by atoms with Crippen LogP contribution in [0.4, 0.5) is 16.2 Å². The van der Waals surface area contributed by atoms with Crippen molar-refractivity contribution in [1.82, 2.24) is 0 Å². The summed E-state index contributed by atoms with van der Waals surface area (Å²) < 4.78 is 5.32. The summed E-state index contributed by atoms with van der Waals surface area (Å²) in [7, 11) is 0. The summed E-state index contributed by atoms with van der Waals surface area (Å²) in [5.74, 6) is 0. The second-order valence-corrected chi connectivity index (χ2v) is 4.38. The zero-order chi connectivity index (χ0) is 14.4. The summed E-state index contributed by atoms with van der Waals surface area (Å²) in [6, 6.07) is 16.8. The molecule has 2 aromatic rings. The van der Waals surface area contributed by atoms with E-state index in [9.17, 15) is 4.79 Å². The normalized spacial score (nSPS) is 10.1. The number of nitrogen functional groups attached to an aromatic ring is 1. The van der Waals surface area contributed by atoms with Gasteiger partial charge >= 0.3 is 6.09 Å². The van der Waals surface area contributed by atoms with Gasteiger partial charge in [0.1, 0.15) is 6.61 Å². The van der Waals surface area contributed by atoms with Crippen molar-refractivity contribution in [2.24, 2.45) is 0 Å². The van der Waals surface area contributed by atoms with Gasteiger partial charge in [0.15, 0.2) is 0 Å². The van der Waals surface area contributed by atoms with E-state index in [0.717, 1.165) is 11.3 Å². The number of amides is 1. The lowest BCUT2D eigenvalue weighted by molar-refractivity contribution is 0.147. The molecule has 2 rings (SSSR count). The summed E-state index contributed by atoms with van der Waals surface area (Å²) in [5, 5.41) is 0. The Morgan fingerprint density at radius 2 is 1.75 bits per heavy atom. The maximum atomic E-state index is 12.1. The number of hydrogen-bond acceptors (Lipinski definition) is 3. The van der Waals surface area contributed by atoms with E-state index in [2.05, 4.69) is 0 Å². The average Bonchev–Trinajstić information content (AvgIpc) is 2.49. The maximum Gasteiger partial charge on any atom is 0.414 e. The van der Waals surface area contributed by atoms with Crippen LogP contribution in [0.25, 0.3) is 0 Å². The number of rotatable bonds is 4. The third-order valence-corrected chi connectivity index (χ3v) is 2.95. The molecule has 0 spiro atoms. The number of hydrogen-bond donors (Lipinski definition) is 1. The van der Waals surface area contributed by atoms with Crippen LogP contribution in [-0.2, 0) is 11.3 Å². The first kappa shape index (κ1) is 13.9. The third-order valence-electron chi connectivity index (χ3n) is 2.95. The molecular formula is C16H18N2O2. The summed E-state index contributed by atoms with van der Waals surface area (Å²) in [6.07, 6.45) is -0.360. The van der Waals surface area contributed by atoms with Gasteiger partial charge in [-0.2, -0.15) is 0 Å². The van der Waals surface area contributed by atoms with Crippen molar-refractivity contribution in [3.63, 3.8) is 0 Å². The van der Waals surface area contributed by atoms with E-state index in [-0.39, 0.29) is 12.7 Å². The minimum absolute atomic E-state index is 0.269. The number of carbonyl (C=O) groups excluding carboxylic acids is 1. The maximum absolute atomic E-state index is 12.1. The van der Waals surface area contributed by atoms with Gasteiger partial charge in [0.2, 0.25) is 0 Å². The second-order valence-electron chi connectivity index (χ2n) is 4.38. The summed E-state index contributed by atoms with van der Waals surface area (Å²) in [6.45, 7) is 2.71. The molecule has 2 N–H and O–H groups in total. The minimum atomic E-state index is -0.360. The summed E-state index contributed by atoms with van der Waals surface area (Å²) in [5.41, 5.74) is 8.06. The number of benzene rings is 2. The lowest BCUT2D eigenvalue weighted by Crippen LogP contribution is -2.31. The highest BCUT2D eigenvalue weighted by molar-refractivity contribution is 5.87. The van der Waals surface area contributed by atoms with Crippen molar-refractivity contribution in [3.8, 4) is 0 Å². The molecule has 0 atom stereocenters. The van der Waals surface area contributed by atoms with Crippen LogP contribution in [0, 0.1) is 0 Å². The lowest BCUT2D eigenvalue weighted by atomic mass is 10.2. The molecule has 0 fully saturated rings. The Balaban J connectivity index is 2.00. The second kappa shape index (κ2) is 6.61. The van der Waals surface area contributed by atoms with Crippen LogP contribution in [0.2, 0.25) is 0 Å². The minimum Gasteiger partial charge on any atom is -0.444 e. The van der Waals surface area contributed by atoms with Gasteiger partial charge in [-0.05, 0) is 36.8 Å². The highest BCUT2D eigenvalue weighted by Gasteiger charge is 2.15. The monoisotopic (exact) mass is 270 g/mol. The van der Waals surface area contributed by atoms with Gasteiger partial charge in [-0.3, -0.25) is 4.90 Å². The Morgan fingerprint density at radius 3 is 2.35 bits per heavy atom. The molecule has 1 amide bonds. The van der Waals surface area contributed by atoms with Crippen molar-refractivity contribution >= 4 is 17.5 Å². The molecule has 0 saturated carbocycles. The van der Waals surface area contributed by atoms with E-state index in [1.807, 2.05) is 49.4 Å². The van der Waals surface area contributed by atoms with E-state index in [1.54, 1.807) is 17.0 Å². The smallest absolute Gasteiger partial charge is 0.414 e. The van der Waals surface area contributed by atoms with Crippen LogP contribution < -0.4 is 10.6 Å². The van der Waals surface area contributed by atoms with Crippen LogP contribution in [0.5, 0.6) is 0 Å². The van der Waals surface area contributed by atoms with Crippen LogP contribution in [-0.4, -0.2) is 12.6 Å². The first-order valence-electron chi connectivity index (χ1n) is 6.54. The number of carbonyl (C=O) groups is 1. The van der Waals surface area contributed by atoms with E-state index in [1.165, 1.54) is 0 Å². The molecule has 0 heterocycles. The predicted molar refractivity (Wildman–Crippen MR) is 80.5 cm³/mol. The van der Waals surface area contributed by atoms with E-state index in [0.29, 0.717) is 12.2 Å². The Bertz CT molecular complexity index is 552. The standard InChI is InChI=1S/C16H18N2O2/c1-2-18(15-10-8-14(17)9-11-15)16(19)20-12-13-6-4-3-5-7-13/h3-11H,2,12,17H2,1H3. The van der Waals surface area contributed by atoms with Crippen LogP contribution in [0.15, 0.2) is 54.6 Å². The first-order chi connectivity index (χ1) is 9.70. The van der Waals surface area contributed by atoms with Gasteiger partial charge in [-0.1, -0.05) is 30.3 Å². The molecule has 0 radical (unpaired) electrons. The number of nitrogens with two attached hydrogens (primary N) is 1. The molecule has 104 valence electrons. The van der Waals surface area contributed by atoms with Gasteiger partial charge in [-0.25, -0.2) is 4.79 Å². The molecule has 4 nitrogen and oxygen atoms in total. The zero-order valence-electron chi connectivity index (χ0n) is 11.5.